The first-order valence-corrected chi connectivity index (χ1v) is 8.07. The second-order valence-electron chi connectivity index (χ2n) is 6.15. The third kappa shape index (κ3) is 3.41. The number of aromatic hydroxyl groups is 1. The Kier molecular flexibility index (Phi) is 4.81. The minimum absolute atomic E-state index is 0.0166. The molecular formula is C19H20FNO3. The van der Waals surface area contributed by atoms with Crippen molar-refractivity contribution >= 4 is 5.91 Å². The molecule has 1 fully saturated rings. The van der Waals surface area contributed by atoms with E-state index in [0.717, 1.165) is 17.7 Å². The molecule has 0 aliphatic carbocycles. The van der Waals surface area contributed by atoms with E-state index in [1.165, 1.54) is 6.07 Å². The number of amides is 1. The van der Waals surface area contributed by atoms with E-state index >= 15 is 0 Å². The maximum atomic E-state index is 13.3. The number of hydrogen-bond acceptors (Lipinski definition) is 3. The zero-order chi connectivity index (χ0) is 17.1. The summed E-state index contributed by atoms with van der Waals surface area (Å²) < 4.78 is 13.3. The number of rotatable bonds is 3. The molecule has 0 bridgehead atoms. The van der Waals surface area contributed by atoms with Crippen LogP contribution in [0.1, 0.15) is 34.9 Å². The van der Waals surface area contributed by atoms with Crippen molar-refractivity contribution in [3.63, 3.8) is 0 Å². The molecule has 1 atom stereocenters. The molecule has 1 amide bonds. The zero-order valence-corrected chi connectivity index (χ0v) is 13.2. The minimum atomic E-state index is -0.550. The molecule has 0 saturated carbocycles. The molecule has 0 radical (unpaired) electrons. The van der Waals surface area contributed by atoms with Gasteiger partial charge in [0, 0.05) is 13.1 Å². The third-order valence-electron chi connectivity index (χ3n) is 4.60. The van der Waals surface area contributed by atoms with Crippen molar-refractivity contribution in [2.45, 2.75) is 18.9 Å². The van der Waals surface area contributed by atoms with Crippen molar-refractivity contribution in [2.24, 2.45) is 5.92 Å². The number of halogens is 1. The highest BCUT2D eigenvalue weighted by atomic mass is 19.1. The predicted molar refractivity (Wildman–Crippen MR) is 88.1 cm³/mol. The maximum Gasteiger partial charge on any atom is 0.257 e. The number of aliphatic hydroxyl groups is 1. The Morgan fingerprint density at radius 1 is 1.12 bits per heavy atom. The second kappa shape index (κ2) is 7.01. The monoisotopic (exact) mass is 329 g/mol. The molecule has 1 saturated heterocycles. The molecule has 5 heteroatoms. The van der Waals surface area contributed by atoms with E-state index in [2.05, 4.69) is 0 Å². The molecule has 24 heavy (non-hydrogen) atoms. The summed E-state index contributed by atoms with van der Waals surface area (Å²) in [7, 11) is 0. The molecule has 4 nitrogen and oxygen atoms in total. The van der Waals surface area contributed by atoms with E-state index in [1.807, 2.05) is 30.3 Å². The predicted octanol–water partition coefficient (Wildman–Crippen LogP) is 3.12. The first-order valence-electron chi connectivity index (χ1n) is 8.07. The summed E-state index contributed by atoms with van der Waals surface area (Å²) in [5.74, 6) is -1.06. The molecule has 3 rings (SSSR count). The Bertz CT molecular complexity index is 712. The molecule has 0 aromatic heterocycles. The summed E-state index contributed by atoms with van der Waals surface area (Å²) in [4.78, 5) is 14.1. The number of phenolic OH excluding ortho intramolecular Hbond substituents is 1. The summed E-state index contributed by atoms with van der Waals surface area (Å²) in [6, 6.07) is 12.8. The standard InChI is InChI=1S/C19H20FNO3/c20-15-6-7-17(22)16(12-15)19(24)21-10-8-14(9-11-21)18(23)13-4-2-1-3-5-13/h1-7,12,14,18,22-23H,8-11H2. The van der Waals surface area contributed by atoms with Crippen LogP contribution in [0, 0.1) is 11.7 Å². The van der Waals surface area contributed by atoms with Crippen LogP contribution in [0.15, 0.2) is 48.5 Å². The van der Waals surface area contributed by atoms with Crippen LogP contribution in [0.3, 0.4) is 0 Å². The summed E-state index contributed by atoms with van der Waals surface area (Å²) in [5, 5.41) is 20.2. The molecule has 1 aliphatic heterocycles. The van der Waals surface area contributed by atoms with Gasteiger partial charge >= 0.3 is 0 Å². The Balaban J connectivity index is 1.64. The molecule has 2 N–H and O–H groups in total. The van der Waals surface area contributed by atoms with E-state index in [9.17, 15) is 19.4 Å². The van der Waals surface area contributed by atoms with Crippen LogP contribution in [0.4, 0.5) is 4.39 Å². The van der Waals surface area contributed by atoms with Crippen LogP contribution in [0.25, 0.3) is 0 Å². The third-order valence-corrected chi connectivity index (χ3v) is 4.60. The number of likely N-dealkylation sites (tertiary alicyclic amines) is 1. The van der Waals surface area contributed by atoms with Crippen LogP contribution in [0.5, 0.6) is 5.75 Å². The lowest BCUT2D eigenvalue weighted by atomic mass is 9.87. The highest BCUT2D eigenvalue weighted by molar-refractivity contribution is 5.96. The van der Waals surface area contributed by atoms with Gasteiger partial charge in [-0.1, -0.05) is 30.3 Å². The van der Waals surface area contributed by atoms with Gasteiger partial charge in [-0.15, -0.1) is 0 Å². The number of nitrogens with zero attached hydrogens (tertiary/aromatic N) is 1. The molecule has 1 aliphatic rings. The highest BCUT2D eigenvalue weighted by Crippen LogP contribution is 2.31. The van der Waals surface area contributed by atoms with Gasteiger partial charge in [0.15, 0.2) is 0 Å². The Morgan fingerprint density at radius 2 is 1.79 bits per heavy atom. The average Bonchev–Trinajstić information content (AvgIpc) is 2.63. The van der Waals surface area contributed by atoms with Crippen molar-refractivity contribution < 1.29 is 19.4 Å². The first-order chi connectivity index (χ1) is 11.6. The normalized spacial score (nSPS) is 16.8. The van der Waals surface area contributed by atoms with Gasteiger partial charge in [0.25, 0.3) is 5.91 Å². The van der Waals surface area contributed by atoms with Crippen molar-refractivity contribution in [2.75, 3.05) is 13.1 Å². The molecule has 0 spiro atoms. The summed E-state index contributed by atoms with van der Waals surface area (Å²) in [6.07, 6.45) is 0.779. The highest BCUT2D eigenvalue weighted by Gasteiger charge is 2.29. The second-order valence-corrected chi connectivity index (χ2v) is 6.15. The van der Waals surface area contributed by atoms with Crippen molar-refractivity contribution in [1.82, 2.24) is 4.90 Å². The summed E-state index contributed by atoms with van der Waals surface area (Å²) in [6.45, 7) is 0.951. The van der Waals surface area contributed by atoms with Gasteiger partial charge in [-0.05, 0) is 42.5 Å². The van der Waals surface area contributed by atoms with Gasteiger partial charge in [-0.3, -0.25) is 4.79 Å². The first kappa shape index (κ1) is 16.5. The fourth-order valence-electron chi connectivity index (χ4n) is 3.19. The van der Waals surface area contributed by atoms with Crippen LogP contribution in [-0.2, 0) is 0 Å². The van der Waals surface area contributed by atoms with Crippen LogP contribution in [-0.4, -0.2) is 34.1 Å². The number of phenols is 1. The number of benzene rings is 2. The van der Waals surface area contributed by atoms with Crippen molar-refractivity contribution in [3.05, 3.63) is 65.5 Å². The SMILES string of the molecule is O=C(c1cc(F)ccc1O)N1CCC(C(O)c2ccccc2)CC1. The molecule has 2 aromatic rings. The molecular weight excluding hydrogens is 309 g/mol. The molecule has 1 heterocycles. The fraction of sp³-hybridized carbons (Fsp3) is 0.316. The number of hydrogen-bond donors (Lipinski definition) is 2. The van der Waals surface area contributed by atoms with Crippen LogP contribution < -0.4 is 0 Å². The lowest BCUT2D eigenvalue weighted by Crippen LogP contribution is -2.39. The summed E-state index contributed by atoms with van der Waals surface area (Å²) >= 11 is 0. The summed E-state index contributed by atoms with van der Waals surface area (Å²) in [5.41, 5.74) is 0.863. The smallest absolute Gasteiger partial charge is 0.257 e. The van der Waals surface area contributed by atoms with Gasteiger partial charge < -0.3 is 15.1 Å². The van der Waals surface area contributed by atoms with E-state index < -0.39 is 11.9 Å². The zero-order valence-electron chi connectivity index (χ0n) is 13.2. The van der Waals surface area contributed by atoms with Crippen molar-refractivity contribution in [1.29, 1.82) is 0 Å². The largest absolute Gasteiger partial charge is 0.507 e. The number of carbonyl (C=O) groups excluding carboxylic acids is 1. The van der Waals surface area contributed by atoms with Gasteiger partial charge in [-0.25, -0.2) is 4.39 Å². The van der Waals surface area contributed by atoms with Gasteiger partial charge in [0.1, 0.15) is 11.6 Å². The van der Waals surface area contributed by atoms with E-state index in [-0.39, 0.29) is 23.1 Å². The van der Waals surface area contributed by atoms with Crippen LogP contribution in [0.2, 0.25) is 0 Å². The van der Waals surface area contributed by atoms with Gasteiger partial charge in [0.2, 0.25) is 0 Å². The van der Waals surface area contributed by atoms with Crippen LogP contribution >= 0.6 is 0 Å². The van der Waals surface area contributed by atoms with Gasteiger partial charge in [0.05, 0.1) is 11.7 Å². The van der Waals surface area contributed by atoms with E-state index in [0.29, 0.717) is 25.9 Å². The van der Waals surface area contributed by atoms with E-state index in [4.69, 9.17) is 0 Å². The van der Waals surface area contributed by atoms with Gasteiger partial charge in [-0.2, -0.15) is 0 Å². The molecule has 2 aromatic carbocycles. The number of aliphatic hydroxyl groups excluding tert-OH is 1. The lowest BCUT2D eigenvalue weighted by molar-refractivity contribution is 0.0460. The van der Waals surface area contributed by atoms with Crippen molar-refractivity contribution in [3.8, 4) is 5.75 Å². The molecule has 126 valence electrons. The Hall–Kier alpha value is -2.40. The van der Waals surface area contributed by atoms with E-state index in [1.54, 1.807) is 4.90 Å². The maximum absolute atomic E-state index is 13.3. The molecule has 1 unspecified atom stereocenters. The Morgan fingerprint density at radius 3 is 2.46 bits per heavy atom. The Labute approximate surface area is 140 Å². The minimum Gasteiger partial charge on any atom is -0.507 e. The lowest BCUT2D eigenvalue weighted by Gasteiger charge is -2.34. The quantitative estimate of drug-likeness (QED) is 0.909. The number of piperidine rings is 1. The average molecular weight is 329 g/mol. The topological polar surface area (TPSA) is 60.8 Å². The fourth-order valence-corrected chi connectivity index (χ4v) is 3.19. The number of carbonyl (C=O) groups is 1.